The van der Waals surface area contributed by atoms with Gasteiger partial charge in [-0.15, -0.1) is 0 Å². The van der Waals surface area contributed by atoms with E-state index in [9.17, 15) is 9.59 Å². The number of aromatic nitrogens is 2. The molecule has 1 aromatic heterocycles. The number of hydrogen-bond donors (Lipinski definition) is 0. The van der Waals surface area contributed by atoms with Gasteiger partial charge in [0.05, 0.1) is 12.6 Å². The zero-order chi connectivity index (χ0) is 23.6. The van der Waals surface area contributed by atoms with Gasteiger partial charge in [0.1, 0.15) is 6.04 Å². The van der Waals surface area contributed by atoms with Crippen LogP contribution in [0.1, 0.15) is 68.3 Å². The summed E-state index contributed by atoms with van der Waals surface area (Å²) in [6.07, 6.45) is 0. The zero-order valence-electron chi connectivity index (χ0n) is 19.8. The molecule has 0 spiro atoms. The van der Waals surface area contributed by atoms with Crippen LogP contribution in [0.4, 0.5) is 0 Å². The number of esters is 1. The average molecular weight is 461 g/mol. The monoisotopic (exact) mass is 460 g/mol. The Morgan fingerprint density at radius 2 is 1.66 bits per heavy atom. The van der Waals surface area contributed by atoms with Crippen molar-refractivity contribution in [1.29, 1.82) is 0 Å². The van der Waals surface area contributed by atoms with Crippen LogP contribution < -0.4 is 0 Å². The summed E-state index contributed by atoms with van der Waals surface area (Å²) in [7, 11) is 1.39. The molecule has 1 atom stereocenters. The number of methoxy groups -OCH3 is 1. The first-order valence-electron chi connectivity index (χ1n) is 11.0. The van der Waals surface area contributed by atoms with Crippen molar-refractivity contribution >= 4 is 23.5 Å². The van der Waals surface area contributed by atoms with E-state index in [1.807, 2.05) is 32.7 Å². The Balaban J connectivity index is 1.75. The highest BCUT2D eigenvalue weighted by molar-refractivity contribution is 6.30. The Labute approximate surface area is 195 Å². The summed E-state index contributed by atoms with van der Waals surface area (Å²) in [5, 5.41) is 5.27. The van der Waals surface area contributed by atoms with Crippen LogP contribution in [-0.2, 0) is 15.1 Å². The minimum Gasteiger partial charge on any atom is -0.468 e. The number of amides is 1. The van der Waals surface area contributed by atoms with Crippen molar-refractivity contribution in [2.24, 2.45) is 0 Å². The molecular formula is C24H33ClN4O3. The highest BCUT2D eigenvalue weighted by atomic mass is 35.5. The maximum Gasteiger partial charge on any atom is 0.327 e. The van der Waals surface area contributed by atoms with Gasteiger partial charge in [-0.2, -0.15) is 5.10 Å². The summed E-state index contributed by atoms with van der Waals surface area (Å²) in [4.78, 5) is 29.6. The molecule has 1 aliphatic rings. The highest BCUT2D eigenvalue weighted by Crippen LogP contribution is 2.27. The molecule has 0 bridgehead atoms. The molecule has 174 valence electrons. The fourth-order valence-corrected chi connectivity index (χ4v) is 4.17. The zero-order valence-corrected chi connectivity index (χ0v) is 20.5. The van der Waals surface area contributed by atoms with Crippen LogP contribution in [0, 0.1) is 0 Å². The van der Waals surface area contributed by atoms with Gasteiger partial charge in [0.25, 0.3) is 5.91 Å². The van der Waals surface area contributed by atoms with Crippen LogP contribution >= 0.6 is 11.6 Å². The predicted octanol–water partition coefficient (Wildman–Crippen LogP) is 4.09. The van der Waals surface area contributed by atoms with Gasteiger partial charge in [0.2, 0.25) is 0 Å². The van der Waals surface area contributed by atoms with Crippen LogP contribution in [0.15, 0.2) is 30.3 Å². The van der Waals surface area contributed by atoms with Crippen molar-refractivity contribution in [2.75, 3.05) is 33.3 Å². The third kappa shape index (κ3) is 5.15. The fraction of sp³-hybridized carbons (Fsp3) is 0.542. The molecule has 8 heteroatoms. The molecule has 2 heterocycles. The molecule has 1 saturated heterocycles. The molecule has 1 fully saturated rings. The molecule has 32 heavy (non-hydrogen) atoms. The summed E-state index contributed by atoms with van der Waals surface area (Å²) in [6.45, 7) is 12.6. The van der Waals surface area contributed by atoms with Gasteiger partial charge in [-0.1, -0.05) is 37.6 Å². The average Bonchev–Trinajstić information content (AvgIpc) is 3.22. The Hall–Kier alpha value is -2.38. The van der Waals surface area contributed by atoms with Crippen LogP contribution in [0.2, 0.25) is 5.02 Å². The maximum absolute atomic E-state index is 13.2. The summed E-state index contributed by atoms with van der Waals surface area (Å²) in [6, 6.07) is 8.61. The molecule has 1 aliphatic heterocycles. The lowest BCUT2D eigenvalue weighted by atomic mass is 10.0. The Morgan fingerprint density at radius 3 is 2.12 bits per heavy atom. The minimum absolute atomic E-state index is 0.0735. The largest absolute Gasteiger partial charge is 0.468 e. The van der Waals surface area contributed by atoms with E-state index in [0.29, 0.717) is 36.9 Å². The van der Waals surface area contributed by atoms with E-state index in [1.54, 1.807) is 12.1 Å². The second kappa shape index (κ2) is 9.63. The molecule has 2 aromatic rings. The molecule has 0 aliphatic carbocycles. The molecule has 1 aromatic carbocycles. The van der Waals surface area contributed by atoms with Gasteiger partial charge in [-0.05, 0) is 50.5 Å². The van der Waals surface area contributed by atoms with Crippen molar-refractivity contribution in [3.63, 3.8) is 0 Å². The molecule has 0 radical (unpaired) electrons. The molecule has 1 amide bonds. The van der Waals surface area contributed by atoms with E-state index in [0.717, 1.165) is 11.3 Å². The molecule has 0 saturated carbocycles. The number of ether oxygens (including phenoxy) is 1. The lowest BCUT2D eigenvalue weighted by molar-refractivity contribution is -0.148. The Morgan fingerprint density at radius 1 is 1.06 bits per heavy atom. The van der Waals surface area contributed by atoms with E-state index < -0.39 is 6.04 Å². The maximum atomic E-state index is 13.2. The second-order valence-electron chi connectivity index (χ2n) is 9.50. The lowest BCUT2D eigenvalue weighted by Gasteiger charge is -2.38. The fourth-order valence-electron chi connectivity index (χ4n) is 4.05. The number of nitrogens with zero attached hydrogens (tertiary/aromatic N) is 4. The van der Waals surface area contributed by atoms with E-state index >= 15 is 0 Å². The lowest BCUT2D eigenvalue weighted by Crippen LogP contribution is -2.51. The van der Waals surface area contributed by atoms with Gasteiger partial charge in [0.15, 0.2) is 5.69 Å². The normalized spacial score (nSPS) is 16.3. The number of hydrogen-bond acceptors (Lipinski definition) is 5. The van der Waals surface area contributed by atoms with E-state index in [1.165, 1.54) is 7.11 Å². The van der Waals surface area contributed by atoms with Crippen molar-refractivity contribution < 1.29 is 14.3 Å². The van der Waals surface area contributed by atoms with E-state index in [4.69, 9.17) is 16.3 Å². The quantitative estimate of drug-likeness (QED) is 0.629. The number of carbonyl (C=O) groups is 2. The smallest absolute Gasteiger partial charge is 0.327 e. The molecular weight excluding hydrogens is 428 g/mol. The summed E-state index contributed by atoms with van der Waals surface area (Å²) < 4.78 is 7.01. The first kappa shape index (κ1) is 24.3. The third-order valence-corrected chi connectivity index (χ3v) is 6.01. The van der Waals surface area contributed by atoms with Crippen molar-refractivity contribution in [3.8, 4) is 0 Å². The van der Waals surface area contributed by atoms with Gasteiger partial charge in [-0.25, -0.2) is 4.79 Å². The molecule has 3 rings (SSSR count). The minimum atomic E-state index is -0.526. The topological polar surface area (TPSA) is 67.7 Å². The molecule has 1 unspecified atom stereocenters. The summed E-state index contributed by atoms with van der Waals surface area (Å²) in [5.41, 5.74) is 2.14. The third-order valence-electron chi connectivity index (χ3n) is 5.76. The molecule has 7 nitrogen and oxygen atoms in total. The van der Waals surface area contributed by atoms with Crippen LogP contribution in [0.25, 0.3) is 0 Å². The Kier molecular flexibility index (Phi) is 7.30. The number of carbonyl (C=O) groups excluding carboxylic acids is 2. The van der Waals surface area contributed by atoms with Crippen LogP contribution in [0.5, 0.6) is 0 Å². The van der Waals surface area contributed by atoms with Gasteiger partial charge in [-0.3, -0.25) is 14.4 Å². The number of piperazine rings is 1. The standard InChI is InChI=1S/C24H33ClN4O3/c1-16(2)20-15-19(26-29(20)24(3,4)5)22(30)28-13-11-27(12-14-28)21(23(31)32-6)17-7-9-18(25)10-8-17/h7-10,15-16,21H,11-14H2,1-6H3. The Bertz CT molecular complexity index is 955. The van der Waals surface area contributed by atoms with Crippen LogP contribution in [0.3, 0.4) is 0 Å². The van der Waals surface area contributed by atoms with Gasteiger partial charge < -0.3 is 9.64 Å². The number of rotatable bonds is 5. The van der Waals surface area contributed by atoms with Crippen molar-refractivity contribution in [3.05, 3.63) is 52.3 Å². The first-order valence-corrected chi connectivity index (χ1v) is 11.4. The molecule has 0 N–H and O–H groups in total. The van der Waals surface area contributed by atoms with E-state index in [-0.39, 0.29) is 23.3 Å². The summed E-state index contributed by atoms with van der Waals surface area (Å²) >= 11 is 6.01. The van der Waals surface area contributed by atoms with Crippen LogP contribution in [-0.4, -0.2) is 64.7 Å². The van der Waals surface area contributed by atoms with Gasteiger partial charge >= 0.3 is 5.97 Å². The predicted molar refractivity (Wildman–Crippen MR) is 125 cm³/mol. The van der Waals surface area contributed by atoms with Gasteiger partial charge in [0, 0.05) is 36.9 Å². The van der Waals surface area contributed by atoms with Crippen molar-refractivity contribution in [1.82, 2.24) is 19.6 Å². The SMILES string of the molecule is COC(=O)C(c1ccc(Cl)cc1)N1CCN(C(=O)c2cc(C(C)C)n(C(C)(C)C)n2)CC1. The summed E-state index contributed by atoms with van der Waals surface area (Å²) in [5.74, 6) is -0.131. The van der Waals surface area contributed by atoms with E-state index in [2.05, 4.69) is 39.7 Å². The first-order chi connectivity index (χ1) is 15.0. The van der Waals surface area contributed by atoms with Crippen molar-refractivity contribution in [2.45, 2.75) is 52.1 Å². The highest BCUT2D eigenvalue weighted by Gasteiger charge is 2.33. The number of benzene rings is 1. The number of halogens is 1. The second-order valence-corrected chi connectivity index (χ2v) is 9.93.